The van der Waals surface area contributed by atoms with Gasteiger partial charge in [-0.1, -0.05) is 19.4 Å². The summed E-state index contributed by atoms with van der Waals surface area (Å²) >= 11 is 0. The van der Waals surface area contributed by atoms with Gasteiger partial charge in [0.05, 0.1) is 7.11 Å². The van der Waals surface area contributed by atoms with Crippen LogP contribution in [0.5, 0.6) is 11.5 Å². The molecule has 1 N–H and O–H groups in total. The zero-order valence-corrected chi connectivity index (χ0v) is 13.7. The van der Waals surface area contributed by atoms with Crippen molar-refractivity contribution in [3.8, 4) is 11.5 Å². The van der Waals surface area contributed by atoms with E-state index < -0.39 is 0 Å². The summed E-state index contributed by atoms with van der Waals surface area (Å²) < 4.78 is 10.6. The van der Waals surface area contributed by atoms with Crippen molar-refractivity contribution in [2.75, 3.05) is 33.3 Å². The van der Waals surface area contributed by atoms with E-state index in [1.165, 1.54) is 12.5 Å². The summed E-state index contributed by atoms with van der Waals surface area (Å²) in [5.41, 5.74) is 1.22. The Balaban J connectivity index is 2.24. The number of piperazine rings is 1. The van der Waals surface area contributed by atoms with Gasteiger partial charge in [-0.3, -0.25) is 9.69 Å². The molecule has 1 heterocycles. The molecule has 0 bridgehead atoms. The number of esters is 1. The highest BCUT2D eigenvalue weighted by Crippen LogP contribution is 2.34. The molecule has 0 aromatic heterocycles. The van der Waals surface area contributed by atoms with Crippen LogP contribution in [0, 0.1) is 0 Å². The molecular formula is C17H26N2O3. The molecule has 1 aromatic rings. The standard InChI is InChI=1S/C17H26N2O3/c1-4-5-15(19-10-8-18-9-11-19)14-6-7-16(22-13(2)20)17(12-14)21-3/h6-7,12,15,18H,4-5,8-11H2,1-3H3/t15-/m0/s1. The molecule has 1 saturated heterocycles. The van der Waals surface area contributed by atoms with Crippen molar-refractivity contribution in [3.05, 3.63) is 23.8 Å². The van der Waals surface area contributed by atoms with E-state index in [1.807, 2.05) is 18.2 Å². The van der Waals surface area contributed by atoms with Gasteiger partial charge < -0.3 is 14.8 Å². The number of nitrogens with zero attached hydrogens (tertiary/aromatic N) is 1. The van der Waals surface area contributed by atoms with Crippen LogP contribution in [0.3, 0.4) is 0 Å². The minimum Gasteiger partial charge on any atom is -0.493 e. The number of ether oxygens (including phenoxy) is 2. The van der Waals surface area contributed by atoms with E-state index in [0.717, 1.165) is 39.0 Å². The molecular weight excluding hydrogens is 280 g/mol. The second-order valence-corrected chi connectivity index (χ2v) is 5.59. The van der Waals surface area contributed by atoms with E-state index in [2.05, 4.69) is 17.1 Å². The summed E-state index contributed by atoms with van der Waals surface area (Å²) in [5.74, 6) is 0.761. The summed E-state index contributed by atoms with van der Waals surface area (Å²) in [6.45, 7) is 7.77. The molecule has 1 atom stereocenters. The van der Waals surface area contributed by atoms with Crippen molar-refractivity contribution in [1.82, 2.24) is 10.2 Å². The Hall–Kier alpha value is -1.59. The van der Waals surface area contributed by atoms with Crippen LogP contribution in [-0.4, -0.2) is 44.2 Å². The average Bonchev–Trinajstić information content (AvgIpc) is 2.53. The fourth-order valence-electron chi connectivity index (χ4n) is 2.96. The maximum Gasteiger partial charge on any atom is 0.308 e. The molecule has 1 aromatic carbocycles. The van der Waals surface area contributed by atoms with Crippen LogP contribution < -0.4 is 14.8 Å². The number of rotatable bonds is 6. The van der Waals surface area contributed by atoms with Crippen LogP contribution in [-0.2, 0) is 4.79 Å². The van der Waals surface area contributed by atoms with Crippen molar-refractivity contribution in [3.63, 3.8) is 0 Å². The largest absolute Gasteiger partial charge is 0.493 e. The van der Waals surface area contributed by atoms with Gasteiger partial charge in [0.1, 0.15) is 0 Å². The summed E-state index contributed by atoms with van der Waals surface area (Å²) in [6.07, 6.45) is 2.23. The molecule has 1 fully saturated rings. The number of hydrogen-bond acceptors (Lipinski definition) is 5. The van der Waals surface area contributed by atoms with Crippen LogP contribution in [0.25, 0.3) is 0 Å². The molecule has 5 nitrogen and oxygen atoms in total. The lowest BCUT2D eigenvalue weighted by Gasteiger charge is -2.35. The number of carbonyl (C=O) groups is 1. The van der Waals surface area contributed by atoms with Crippen molar-refractivity contribution in [2.45, 2.75) is 32.7 Å². The molecule has 1 aliphatic heterocycles. The van der Waals surface area contributed by atoms with Crippen LogP contribution in [0.15, 0.2) is 18.2 Å². The lowest BCUT2D eigenvalue weighted by atomic mass is 9.99. The lowest BCUT2D eigenvalue weighted by Crippen LogP contribution is -2.45. The minimum absolute atomic E-state index is 0.335. The van der Waals surface area contributed by atoms with Gasteiger partial charge in [0.15, 0.2) is 11.5 Å². The molecule has 0 unspecified atom stereocenters. The third-order valence-electron chi connectivity index (χ3n) is 3.98. The van der Waals surface area contributed by atoms with Gasteiger partial charge in [-0.05, 0) is 24.1 Å². The summed E-state index contributed by atoms with van der Waals surface area (Å²) in [7, 11) is 1.60. The highest BCUT2D eigenvalue weighted by atomic mass is 16.6. The first kappa shape index (κ1) is 16.8. The van der Waals surface area contributed by atoms with Gasteiger partial charge in [0, 0.05) is 39.1 Å². The van der Waals surface area contributed by atoms with Crippen LogP contribution in [0.1, 0.15) is 38.3 Å². The van der Waals surface area contributed by atoms with Gasteiger partial charge in [-0.25, -0.2) is 0 Å². The summed E-state index contributed by atoms with van der Waals surface area (Å²) in [5, 5.41) is 3.39. The Morgan fingerprint density at radius 2 is 2.05 bits per heavy atom. The van der Waals surface area contributed by atoms with Gasteiger partial charge in [0.25, 0.3) is 0 Å². The topological polar surface area (TPSA) is 50.8 Å². The zero-order valence-electron chi connectivity index (χ0n) is 13.7. The first-order chi connectivity index (χ1) is 10.7. The number of nitrogens with one attached hydrogen (secondary N) is 1. The maximum absolute atomic E-state index is 11.2. The van der Waals surface area contributed by atoms with Crippen molar-refractivity contribution in [1.29, 1.82) is 0 Å². The predicted molar refractivity (Wildman–Crippen MR) is 86.4 cm³/mol. The summed E-state index contributed by atoms with van der Waals surface area (Å²) in [6, 6.07) is 6.26. The second kappa shape index (κ2) is 8.15. The Morgan fingerprint density at radius 1 is 1.32 bits per heavy atom. The Morgan fingerprint density at radius 3 is 2.64 bits per heavy atom. The highest BCUT2D eigenvalue weighted by molar-refractivity contribution is 5.70. The fourth-order valence-corrected chi connectivity index (χ4v) is 2.96. The van der Waals surface area contributed by atoms with Gasteiger partial charge in [-0.15, -0.1) is 0 Å². The number of benzene rings is 1. The van der Waals surface area contributed by atoms with E-state index >= 15 is 0 Å². The minimum atomic E-state index is -0.335. The maximum atomic E-state index is 11.2. The second-order valence-electron chi connectivity index (χ2n) is 5.59. The average molecular weight is 306 g/mol. The third-order valence-corrected chi connectivity index (χ3v) is 3.98. The Kier molecular flexibility index (Phi) is 6.21. The number of methoxy groups -OCH3 is 1. The van der Waals surface area contributed by atoms with Crippen LogP contribution in [0.2, 0.25) is 0 Å². The van der Waals surface area contributed by atoms with E-state index in [0.29, 0.717) is 17.5 Å². The van der Waals surface area contributed by atoms with E-state index in [4.69, 9.17) is 9.47 Å². The Bertz CT molecular complexity index is 499. The highest BCUT2D eigenvalue weighted by Gasteiger charge is 2.22. The van der Waals surface area contributed by atoms with E-state index in [1.54, 1.807) is 7.11 Å². The van der Waals surface area contributed by atoms with Crippen LogP contribution in [0.4, 0.5) is 0 Å². The fraction of sp³-hybridized carbons (Fsp3) is 0.588. The zero-order chi connectivity index (χ0) is 15.9. The number of hydrogen-bond donors (Lipinski definition) is 1. The molecule has 0 amide bonds. The van der Waals surface area contributed by atoms with Gasteiger partial charge >= 0.3 is 5.97 Å². The third kappa shape index (κ3) is 4.21. The molecule has 2 rings (SSSR count). The van der Waals surface area contributed by atoms with Crippen LogP contribution >= 0.6 is 0 Å². The molecule has 0 radical (unpaired) electrons. The number of carbonyl (C=O) groups excluding carboxylic acids is 1. The van der Waals surface area contributed by atoms with E-state index in [-0.39, 0.29) is 5.97 Å². The van der Waals surface area contributed by atoms with Crippen molar-refractivity contribution < 1.29 is 14.3 Å². The molecule has 0 aliphatic carbocycles. The van der Waals surface area contributed by atoms with Gasteiger partial charge in [0.2, 0.25) is 0 Å². The van der Waals surface area contributed by atoms with Crippen molar-refractivity contribution >= 4 is 5.97 Å². The normalized spacial score (nSPS) is 17.0. The first-order valence-electron chi connectivity index (χ1n) is 7.96. The SMILES string of the molecule is CCC[C@@H](c1ccc(OC(C)=O)c(OC)c1)N1CCNCC1. The monoisotopic (exact) mass is 306 g/mol. The Labute approximate surface area is 132 Å². The quantitative estimate of drug-likeness (QED) is 0.646. The first-order valence-corrected chi connectivity index (χ1v) is 7.96. The van der Waals surface area contributed by atoms with Crippen molar-refractivity contribution in [2.24, 2.45) is 0 Å². The molecule has 5 heteroatoms. The lowest BCUT2D eigenvalue weighted by molar-refractivity contribution is -0.132. The smallest absolute Gasteiger partial charge is 0.308 e. The molecule has 0 spiro atoms. The van der Waals surface area contributed by atoms with E-state index in [9.17, 15) is 4.79 Å². The predicted octanol–water partition coefficient (Wildman–Crippen LogP) is 2.37. The summed E-state index contributed by atoms with van der Waals surface area (Å²) in [4.78, 5) is 13.7. The van der Waals surface area contributed by atoms with Gasteiger partial charge in [-0.2, -0.15) is 0 Å². The molecule has 1 aliphatic rings. The molecule has 22 heavy (non-hydrogen) atoms. The molecule has 0 saturated carbocycles. The molecule has 122 valence electrons.